The zero-order chi connectivity index (χ0) is 37.9. The van der Waals surface area contributed by atoms with Gasteiger partial charge in [-0.3, -0.25) is 21.3 Å². The first-order valence-corrected chi connectivity index (χ1v) is 16.2. The Balaban J connectivity index is 2.14. The number of aryl methyl sites for hydroxylation is 2. The van der Waals surface area contributed by atoms with Gasteiger partial charge in [-0.1, -0.05) is 24.3 Å². The van der Waals surface area contributed by atoms with Crippen molar-refractivity contribution in [2.75, 3.05) is 0 Å². The number of amides is 4. The molecule has 14 heteroatoms. The van der Waals surface area contributed by atoms with Crippen LogP contribution in [0.25, 0.3) is 0 Å². The van der Waals surface area contributed by atoms with Gasteiger partial charge in [-0.05, 0) is 131 Å². The maximum Gasteiger partial charge on any atom is 0.414 e. The minimum Gasteiger partial charge on any atom is -0.444 e. The van der Waals surface area contributed by atoms with Crippen LogP contribution in [0.5, 0.6) is 0 Å². The highest BCUT2D eigenvalue weighted by molar-refractivity contribution is 6.03. The zero-order valence-electron chi connectivity index (χ0n) is 31.2. The lowest BCUT2D eigenvalue weighted by molar-refractivity contribution is 0.0521. The lowest BCUT2D eigenvalue weighted by Gasteiger charge is -2.22. The molecule has 0 saturated heterocycles. The second kappa shape index (κ2) is 17.0. The first-order valence-electron chi connectivity index (χ1n) is 16.2. The number of nitrogens with zero attached hydrogens (tertiary/aromatic N) is 2. The highest BCUT2D eigenvalue weighted by Crippen LogP contribution is 2.18. The Hall–Kier alpha value is -5.14. The van der Waals surface area contributed by atoms with E-state index in [1.807, 2.05) is 24.3 Å². The van der Waals surface area contributed by atoms with Gasteiger partial charge in [-0.2, -0.15) is 0 Å². The zero-order valence-corrected chi connectivity index (χ0v) is 31.2. The van der Waals surface area contributed by atoms with Crippen LogP contribution in [0.3, 0.4) is 0 Å². The molecule has 2 rings (SSSR count). The molecule has 0 heterocycles. The number of ether oxygens (including phenoxy) is 4. The molecule has 4 N–H and O–H groups in total. The molecular formula is C36H52N6O8. The van der Waals surface area contributed by atoms with E-state index in [2.05, 4.69) is 31.3 Å². The van der Waals surface area contributed by atoms with Crippen LogP contribution in [-0.4, -0.2) is 58.7 Å². The van der Waals surface area contributed by atoms with Crippen molar-refractivity contribution >= 4 is 47.7 Å². The summed E-state index contributed by atoms with van der Waals surface area (Å²) in [6, 6.07) is 14.6. The lowest BCUT2D eigenvalue weighted by Crippen LogP contribution is -2.47. The predicted octanol–water partition coefficient (Wildman–Crippen LogP) is 7.55. The van der Waals surface area contributed by atoms with Gasteiger partial charge in [0.15, 0.2) is 0 Å². The number of carbonyl (C=O) groups excluding carboxylic acids is 4. The minimum atomic E-state index is -0.782. The summed E-state index contributed by atoms with van der Waals surface area (Å²) in [6.45, 7) is 20.7. The molecule has 2 aromatic carbocycles. The van der Waals surface area contributed by atoms with Crippen LogP contribution in [0, 0.1) is 0 Å². The second-order valence-electron chi connectivity index (χ2n) is 15.3. The Morgan fingerprint density at radius 3 is 0.860 bits per heavy atom. The number of nitrogens with one attached hydrogen (secondary N) is 4. The van der Waals surface area contributed by atoms with Gasteiger partial charge in [0, 0.05) is 0 Å². The summed E-state index contributed by atoms with van der Waals surface area (Å²) in [4.78, 5) is 58.3. The largest absolute Gasteiger partial charge is 0.444 e. The van der Waals surface area contributed by atoms with Crippen LogP contribution in [0.4, 0.5) is 30.6 Å². The monoisotopic (exact) mass is 696 g/mol. The summed E-state index contributed by atoms with van der Waals surface area (Å²) in [7, 11) is 0. The van der Waals surface area contributed by atoms with Crippen molar-refractivity contribution in [2.24, 2.45) is 9.98 Å². The summed E-state index contributed by atoms with van der Waals surface area (Å²) in [6.07, 6.45) is -1.72. The number of rotatable bonds is 5. The molecule has 4 amide bonds. The smallest absolute Gasteiger partial charge is 0.414 e. The van der Waals surface area contributed by atoms with Crippen molar-refractivity contribution in [1.82, 2.24) is 21.3 Å². The van der Waals surface area contributed by atoms with E-state index in [1.165, 1.54) is 0 Å². The average Bonchev–Trinajstić information content (AvgIpc) is 2.89. The Morgan fingerprint density at radius 2 is 0.660 bits per heavy atom. The fraction of sp³-hybridized carbons (Fsp3) is 0.500. The van der Waals surface area contributed by atoms with Crippen molar-refractivity contribution in [3.63, 3.8) is 0 Å². The summed E-state index contributed by atoms with van der Waals surface area (Å²) in [5.74, 6) is -0.288. The fourth-order valence-electron chi connectivity index (χ4n) is 3.80. The molecule has 0 fully saturated rings. The van der Waals surface area contributed by atoms with Crippen molar-refractivity contribution in [2.45, 2.75) is 118 Å². The van der Waals surface area contributed by atoms with Crippen LogP contribution >= 0.6 is 0 Å². The van der Waals surface area contributed by atoms with Crippen LogP contribution < -0.4 is 21.3 Å². The van der Waals surface area contributed by atoms with Gasteiger partial charge in [0.05, 0.1) is 11.4 Å². The maximum atomic E-state index is 12.4. The number of alkyl carbamates (subject to hydrolysis) is 4. The molecule has 0 bridgehead atoms. The van der Waals surface area contributed by atoms with E-state index in [9.17, 15) is 19.2 Å². The molecule has 274 valence electrons. The summed E-state index contributed by atoms with van der Waals surface area (Å²) in [5.41, 5.74) is 0.00199. The van der Waals surface area contributed by atoms with Gasteiger partial charge in [-0.25, -0.2) is 29.2 Å². The van der Waals surface area contributed by atoms with Gasteiger partial charge < -0.3 is 18.9 Å². The number of hydrogen-bond acceptors (Lipinski definition) is 10. The molecule has 0 saturated carbocycles. The first-order chi connectivity index (χ1) is 22.8. The standard InChI is InChI=1S/C36H52N6O8/c1-33(2,3)47-29(43)39-27(40-30(44)48-34(4,5)6)37-25-19-15-23(16-20-25)13-14-24-17-21-26(22-18-24)38-28(41-31(45)49-35(7,8)9)42-32(46)50-36(10,11)12/h15-22H,13-14H2,1-12H3,(H2,37,39,40,43,44)(H2,38,41,42,45,46). The number of guanidine groups is 2. The number of benzene rings is 2. The number of aliphatic imine (C=N–C) groups is 2. The van der Waals surface area contributed by atoms with Crippen LogP contribution in [-0.2, 0) is 31.8 Å². The van der Waals surface area contributed by atoms with Gasteiger partial charge >= 0.3 is 24.4 Å². The van der Waals surface area contributed by atoms with Crippen molar-refractivity contribution in [3.05, 3.63) is 59.7 Å². The van der Waals surface area contributed by atoms with Crippen LogP contribution in [0.15, 0.2) is 58.5 Å². The topological polar surface area (TPSA) is 178 Å². The first kappa shape index (κ1) is 41.0. The quantitative estimate of drug-likeness (QED) is 0.141. The maximum absolute atomic E-state index is 12.4. The molecule has 0 radical (unpaired) electrons. The number of hydrogen-bond donors (Lipinski definition) is 4. The van der Waals surface area contributed by atoms with Gasteiger partial charge in [-0.15, -0.1) is 0 Å². The third kappa shape index (κ3) is 18.4. The molecule has 0 aliphatic rings. The van der Waals surface area contributed by atoms with E-state index in [1.54, 1.807) is 107 Å². The van der Waals surface area contributed by atoms with E-state index in [4.69, 9.17) is 18.9 Å². The fourth-order valence-corrected chi connectivity index (χ4v) is 3.80. The molecule has 0 unspecified atom stereocenters. The van der Waals surface area contributed by atoms with E-state index in [0.717, 1.165) is 11.1 Å². The van der Waals surface area contributed by atoms with Gasteiger partial charge in [0.2, 0.25) is 11.9 Å². The normalized spacial score (nSPS) is 11.7. The summed E-state index contributed by atoms with van der Waals surface area (Å²) < 4.78 is 21.2. The Kier molecular flexibility index (Phi) is 13.9. The Labute approximate surface area is 294 Å². The molecule has 0 aliphatic heterocycles. The van der Waals surface area contributed by atoms with E-state index < -0.39 is 46.8 Å². The minimum absolute atomic E-state index is 0.144. The molecule has 14 nitrogen and oxygen atoms in total. The Bertz CT molecular complexity index is 1360. The SMILES string of the molecule is CC(C)(C)OC(=O)NC(=Nc1ccc(CCc2ccc(N=C(NC(=O)OC(C)(C)C)NC(=O)OC(C)(C)C)cc2)cc1)NC(=O)OC(C)(C)C. The summed E-state index contributed by atoms with van der Waals surface area (Å²) in [5, 5.41) is 9.86. The van der Waals surface area contributed by atoms with E-state index in [-0.39, 0.29) is 11.9 Å². The molecule has 0 aromatic heterocycles. The van der Waals surface area contributed by atoms with Gasteiger partial charge in [0.1, 0.15) is 22.4 Å². The lowest BCUT2D eigenvalue weighted by atomic mass is 10.0. The molecule has 2 aromatic rings. The molecular weight excluding hydrogens is 644 g/mol. The number of carbonyl (C=O) groups is 4. The molecule has 0 spiro atoms. The third-order valence-electron chi connectivity index (χ3n) is 5.53. The highest BCUT2D eigenvalue weighted by Gasteiger charge is 2.23. The molecule has 50 heavy (non-hydrogen) atoms. The van der Waals surface area contributed by atoms with E-state index in [0.29, 0.717) is 24.2 Å². The average molecular weight is 697 g/mol. The van der Waals surface area contributed by atoms with E-state index >= 15 is 0 Å². The molecule has 0 atom stereocenters. The van der Waals surface area contributed by atoms with Crippen molar-refractivity contribution < 1.29 is 38.1 Å². The van der Waals surface area contributed by atoms with Crippen molar-refractivity contribution in [1.29, 1.82) is 0 Å². The summed E-state index contributed by atoms with van der Waals surface area (Å²) >= 11 is 0. The predicted molar refractivity (Wildman–Crippen MR) is 192 cm³/mol. The van der Waals surface area contributed by atoms with Crippen LogP contribution in [0.2, 0.25) is 0 Å². The Morgan fingerprint density at radius 1 is 0.440 bits per heavy atom. The molecule has 0 aliphatic carbocycles. The highest BCUT2D eigenvalue weighted by atomic mass is 16.6. The van der Waals surface area contributed by atoms with Crippen molar-refractivity contribution in [3.8, 4) is 0 Å². The van der Waals surface area contributed by atoms with Crippen LogP contribution in [0.1, 0.15) is 94.2 Å². The van der Waals surface area contributed by atoms with Gasteiger partial charge in [0.25, 0.3) is 0 Å². The third-order valence-corrected chi connectivity index (χ3v) is 5.53. The second-order valence-corrected chi connectivity index (χ2v) is 15.3.